The van der Waals surface area contributed by atoms with Crippen LogP contribution in [0.15, 0.2) is 66.9 Å². The third-order valence-corrected chi connectivity index (χ3v) is 3.63. The van der Waals surface area contributed by atoms with E-state index in [1.807, 2.05) is 0 Å². The molecule has 30 heavy (non-hydrogen) atoms. The number of halogens is 4. The van der Waals surface area contributed by atoms with E-state index >= 15 is 0 Å². The van der Waals surface area contributed by atoms with Gasteiger partial charge in [-0.05, 0) is 54.1 Å². The number of carbonyl (C=O) groups is 1. The summed E-state index contributed by atoms with van der Waals surface area (Å²) in [4.78, 5) is 16.2. The Hall–Kier alpha value is -3.82. The van der Waals surface area contributed by atoms with Crippen molar-refractivity contribution in [2.45, 2.75) is 13.0 Å². The number of anilines is 2. The molecule has 0 bridgehead atoms. The third-order valence-electron chi connectivity index (χ3n) is 3.63. The molecule has 0 fully saturated rings. The topological polar surface area (TPSA) is 72.5 Å². The van der Waals surface area contributed by atoms with E-state index in [0.717, 1.165) is 12.1 Å². The monoisotopic (exact) mass is 421 g/mol. The molecule has 0 aliphatic carbocycles. The number of hydrogen-bond donors (Lipinski definition) is 2. The van der Waals surface area contributed by atoms with Crippen LogP contribution in [0.4, 0.5) is 33.9 Å². The fourth-order valence-electron chi connectivity index (χ4n) is 2.40. The number of hydrogen-bond acceptors (Lipinski definition) is 4. The lowest BCUT2D eigenvalue weighted by Crippen LogP contribution is -2.21. The second-order valence-corrected chi connectivity index (χ2v) is 5.92. The quantitative estimate of drug-likeness (QED) is 0.527. The number of nitrogens with one attached hydrogen (secondary N) is 2. The Kier molecular flexibility index (Phi) is 6.35. The van der Waals surface area contributed by atoms with Gasteiger partial charge in [0, 0.05) is 11.9 Å². The Bertz CT molecular complexity index is 1010. The van der Waals surface area contributed by atoms with Crippen molar-refractivity contribution in [3.63, 3.8) is 0 Å². The van der Waals surface area contributed by atoms with Gasteiger partial charge in [0.1, 0.15) is 18.2 Å². The van der Waals surface area contributed by atoms with Crippen molar-refractivity contribution < 1.29 is 31.8 Å². The maximum absolute atomic E-state index is 13.3. The largest absolute Gasteiger partial charge is 0.573 e. The maximum Gasteiger partial charge on any atom is 0.573 e. The van der Waals surface area contributed by atoms with E-state index in [1.165, 1.54) is 30.5 Å². The van der Waals surface area contributed by atoms with Gasteiger partial charge in [0.05, 0.1) is 0 Å². The molecule has 1 heterocycles. The standard InChI is InChI=1S/C20H15F4N3O3/c21-14-4-1-3-13(11-14)12-29-17-5-2-10-25-18(17)27-19(28)26-15-6-8-16(9-7-15)30-20(22,23)24/h1-11H,12H2,(H2,25,26,27,28). The van der Waals surface area contributed by atoms with Crippen LogP contribution in [0.5, 0.6) is 11.5 Å². The molecular formula is C20H15F4N3O3. The highest BCUT2D eigenvalue weighted by molar-refractivity contribution is 5.99. The van der Waals surface area contributed by atoms with Gasteiger partial charge in [0.25, 0.3) is 0 Å². The molecule has 0 saturated heterocycles. The number of amides is 2. The van der Waals surface area contributed by atoms with E-state index in [-0.39, 0.29) is 23.9 Å². The van der Waals surface area contributed by atoms with Crippen LogP contribution in [0, 0.1) is 5.82 Å². The van der Waals surface area contributed by atoms with E-state index < -0.39 is 24.0 Å². The summed E-state index contributed by atoms with van der Waals surface area (Å²) in [5, 5.41) is 4.94. The summed E-state index contributed by atoms with van der Waals surface area (Å²) < 4.78 is 59.2. The van der Waals surface area contributed by atoms with Gasteiger partial charge in [0.15, 0.2) is 11.6 Å². The van der Waals surface area contributed by atoms with Crippen LogP contribution in [-0.2, 0) is 6.61 Å². The van der Waals surface area contributed by atoms with Gasteiger partial charge in [-0.3, -0.25) is 5.32 Å². The SMILES string of the molecule is O=C(Nc1ccc(OC(F)(F)F)cc1)Nc1ncccc1OCc1cccc(F)c1. The normalized spacial score (nSPS) is 10.9. The van der Waals surface area contributed by atoms with Crippen LogP contribution in [-0.4, -0.2) is 17.4 Å². The summed E-state index contributed by atoms with van der Waals surface area (Å²) in [5.74, 6) is -0.438. The molecule has 156 valence electrons. The molecule has 0 aliphatic heterocycles. The van der Waals surface area contributed by atoms with Crippen molar-refractivity contribution in [1.29, 1.82) is 0 Å². The molecule has 0 unspecified atom stereocenters. The summed E-state index contributed by atoms with van der Waals surface area (Å²) in [6.07, 6.45) is -3.36. The highest BCUT2D eigenvalue weighted by Gasteiger charge is 2.30. The van der Waals surface area contributed by atoms with Gasteiger partial charge in [-0.25, -0.2) is 14.2 Å². The molecule has 2 N–H and O–H groups in total. The van der Waals surface area contributed by atoms with Gasteiger partial charge in [-0.2, -0.15) is 0 Å². The average molecular weight is 421 g/mol. The molecule has 0 saturated carbocycles. The third kappa shape index (κ3) is 6.36. The van der Waals surface area contributed by atoms with Crippen molar-refractivity contribution in [3.8, 4) is 11.5 Å². The minimum Gasteiger partial charge on any atom is -0.485 e. The minimum atomic E-state index is -4.80. The second-order valence-electron chi connectivity index (χ2n) is 5.92. The Labute approximate surface area is 168 Å². The molecule has 3 rings (SSSR count). The molecule has 2 amide bonds. The zero-order valence-electron chi connectivity index (χ0n) is 15.2. The number of alkyl halides is 3. The van der Waals surface area contributed by atoms with Crippen LogP contribution < -0.4 is 20.1 Å². The lowest BCUT2D eigenvalue weighted by Gasteiger charge is -2.13. The van der Waals surface area contributed by atoms with Gasteiger partial charge in [-0.1, -0.05) is 12.1 Å². The zero-order chi connectivity index (χ0) is 21.6. The number of benzene rings is 2. The predicted octanol–water partition coefficient (Wildman–Crippen LogP) is 5.34. The second kappa shape index (κ2) is 9.12. The smallest absolute Gasteiger partial charge is 0.485 e. The van der Waals surface area contributed by atoms with Crippen LogP contribution in [0.3, 0.4) is 0 Å². The molecule has 1 aromatic heterocycles. The van der Waals surface area contributed by atoms with E-state index in [9.17, 15) is 22.4 Å². The average Bonchev–Trinajstić information content (AvgIpc) is 2.68. The number of nitrogens with zero attached hydrogens (tertiary/aromatic N) is 1. The van der Waals surface area contributed by atoms with Gasteiger partial charge >= 0.3 is 12.4 Å². The number of ether oxygens (including phenoxy) is 2. The highest BCUT2D eigenvalue weighted by Crippen LogP contribution is 2.25. The predicted molar refractivity (Wildman–Crippen MR) is 101 cm³/mol. The summed E-state index contributed by atoms with van der Waals surface area (Å²) in [7, 11) is 0. The van der Waals surface area contributed by atoms with Crippen molar-refractivity contribution in [1.82, 2.24) is 4.98 Å². The summed E-state index contributed by atoms with van der Waals surface area (Å²) >= 11 is 0. The first-order valence-electron chi connectivity index (χ1n) is 8.54. The Morgan fingerprint density at radius 1 is 1.00 bits per heavy atom. The highest BCUT2D eigenvalue weighted by atomic mass is 19.4. The van der Waals surface area contributed by atoms with E-state index in [0.29, 0.717) is 5.56 Å². The molecule has 10 heteroatoms. The van der Waals surface area contributed by atoms with Crippen molar-refractivity contribution in [2.75, 3.05) is 10.6 Å². The molecule has 2 aromatic carbocycles. The van der Waals surface area contributed by atoms with Gasteiger partial charge in [0.2, 0.25) is 0 Å². The summed E-state index contributed by atoms with van der Waals surface area (Å²) in [5.41, 5.74) is 0.829. The molecule has 0 atom stereocenters. The fraction of sp³-hybridized carbons (Fsp3) is 0.100. The summed E-state index contributed by atoms with van der Waals surface area (Å²) in [6.45, 7) is 0.0560. The van der Waals surface area contributed by atoms with Crippen molar-refractivity contribution in [2.24, 2.45) is 0 Å². The number of aromatic nitrogens is 1. The first-order valence-corrected chi connectivity index (χ1v) is 8.54. The lowest BCUT2D eigenvalue weighted by atomic mass is 10.2. The van der Waals surface area contributed by atoms with Crippen LogP contribution in [0.1, 0.15) is 5.56 Å². The number of rotatable bonds is 6. The number of carbonyl (C=O) groups excluding carboxylic acids is 1. The Morgan fingerprint density at radius 3 is 2.47 bits per heavy atom. The molecule has 3 aromatic rings. The van der Waals surface area contributed by atoms with E-state index in [4.69, 9.17) is 4.74 Å². The van der Waals surface area contributed by atoms with Crippen LogP contribution >= 0.6 is 0 Å². The molecule has 0 radical (unpaired) electrons. The van der Waals surface area contributed by atoms with Gasteiger partial charge < -0.3 is 14.8 Å². The first kappa shape index (κ1) is 20.9. The number of pyridine rings is 1. The lowest BCUT2D eigenvalue weighted by molar-refractivity contribution is -0.274. The first-order chi connectivity index (χ1) is 14.3. The summed E-state index contributed by atoms with van der Waals surface area (Å²) in [6, 6.07) is 13.0. The minimum absolute atomic E-state index is 0.0560. The van der Waals surface area contributed by atoms with Crippen molar-refractivity contribution in [3.05, 3.63) is 78.2 Å². The van der Waals surface area contributed by atoms with E-state index in [2.05, 4.69) is 20.4 Å². The van der Waals surface area contributed by atoms with E-state index in [1.54, 1.807) is 24.3 Å². The Morgan fingerprint density at radius 2 is 1.77 bits per heavy atom. The van der Waals surface area contributed by atoms with Crippen LogP contribution in [0.2, 0.25) is 0 Å². The molecule has 6 nitrogen and oxygen atoms in total. The molecule has 0 spiro atoms. The molecule has 0 aliphatic rings. The fourth-order valence-corrected chi connectivity index (χ4v) is 2.40. The number of urea groups is 1. The zero-order valence-corrected chi connectivity index (χ0v) is 15.2. The van der Waals surface area contributed by atoms with Crippen molar-refractivity contribution >= 4 is 17.5 Å². The van der Waals surface area contributed by atoms with Gasteiger partial charge in [-0.15, -0.1) is 13.2 Å². The maximum atomic E-state index is 13.3. The Balaban J connectivity index is 1.60. The van der Waals surface area contributed by atoms with Crippen LogP contribution in [0.25, 0.3) is 0 Å². The molecular weight excluding hydrogens is 406 g/mol.